The van der Waals surface area contributed by atoms with Gasteiger partial charge in [0.15, 0.2) is 6.61 Å². The molecular weight excluding hydrogens is 654 g/mol. The Morgan fingerprint density at radius 1 is 0.875 bits per heavy atom. The molecule has 0 spiro atoms. The van der Waals surface area contributed by atoms with Crippen LogP contribution in [0.25, 0.3) is 0 Å². The number of hydrogen-bond donors (Lipinski definition) is 1. The van der Waals surface area contributed by atoms with Crippen LogP contribution in [0.3, 0.4) is 0 Å². The summed E-state index contributed by atoms with van der Waals surface area (Å²) in [7, 11) is -2.07. The molecule has 0 radical (unpaired) electrons. The van der Waals surface area contributed by atoms with E-state index < -0.39 is 22.0 Å². The maximum absolute atomic E-state index is 14.0. The average molecular weight is 692 g/mol. The SMILES string of the molecule is COc1ccc(CCNC(=O)[C@@H](c2ccccc2)N(Cc2ccc(Cl)cc2)C(=O)COc2ccc(S(=O)(=O)N3CCOCC3)cc2)cc1. The molecule has 0 unspecified atom stereocenters. The molecule has 1 aliphatic rings. The van der Waals surface area contributed by atoms with Gasteiger partial charge in [-0.1, -0.05) is 66.2 Å². The van der Waals surface area contributed by atoms with Crippen LogP contribution in [0.2, 0.25) is 5.02 Å². The summed E-state index contributed by atoms with van der Waals surface area (Å²) in [6, 6.07) is 28.8. The number of ether oxygens (including phenoxy) is 3. The number of methoxy groups -OCH3 is 1. The normalized spacial score (nSPS) is 14.1. The van der Waals surface area contributed by atoms with E-state index in [1.807, 2.05) is 54.6 Å². The number of sulfonamides is 1. The zero-order valence-electron chi connectivity index (χ0n) is 26.6. The number of morpholine rings is 1. The van der Waals surface area contributed by atoms with Gasteiger partial charge >= 0.3 is 0 Å². The van der Waals surface area contributed by atoms with E-state index in [9.17, 15) is 18.0 Å². The highest BCUT2D eigenvalue weighted by Gasteiger charge is 2.32. The van der Waals surface area contributed by atoms with Crippen molar-refractivity contribution in [2.45, 2.75) is 23.9 Å². The molecule has 0 saturated carbocycles. The summed E-state index contributed by atoms with van der Waals surface area (Å²) in [4.78, 5) is 29.5. The summed E-state index contributed by atoms with van der Waals surface area (Å²) in [6.45, 7) is 1.35. The van der Waals surface area contributed by atoms with Crippen molar-refractivity contribution in [2.75, 3.05) is 46.6 Å². The lowest BCUT2D eigenvalue weighted by Crippen LogP contribution is -2.45. The topological polar surface area (TPSA) is 114 Å². The molecule has 5 rings (SSSR count). The predicted molar refractivity (Wildman–Crippen MR) is 182 cm³/mol. The fourth-order valence-electron chi connectivity index (χ4n) is 5.31. The molecule has 2 amide bonds. The monoisotopic (exact) mass is 691 g/mol. The lowest BCUT2D eigenvalue weighted by Gasteiger charge is -2.31. The van der Waals surface area contributed by atoms with Crippen molar-refractivity contribution in [1.29, 1.82) is 0 Å². The molecule has 1 fully saturated rings. The summed E-state index contributed by atoms with van der Waals surface area (Å²) < 4.78 is 43.8. The van der Waals surface area contributed by atoms with E-state index in [4.69, 9.17) is 25.8 Å². The van der Waals surface area contributed by atoms with E-state index in [2.05, 4.69) is 5.32 Å². The third-order valence-electron chi connectivity index (χ3n) is 7.93. The van der Waals surface area contributed by atoms with Crippen molar-refractivity contribution in [2.24, 2.45) is 0 Å². The van der Waals surface area contributed by atoms with Gasteiger partial charge in [-0.05, 0) is 71.6 Å². The van der Waals surface area contributed by atoms with Crippen molar-refractivity contribution < 1.29 is 32.2 Å². The fraction of sp³-hybridized carbons (Fsp3) is 0.278. The zero-order chi connectivity index (χ0) is 33.9. The van der Waals surface area contributed by atoms with Crippen LogP contribution in [-0.2, 0) is 37.3 Å². The summed E-state index contributed by atoms with van der Waals surface area (Å²) in [5.41, 5.74) is 2.44. The first-order valence-electron chi connectivity index (χ1n) is 15.5. The zero-order valence-corrected chi connectivity index (χ0v) is 28.2. The molecule has 252 valence electrons. The third-order valence-corrected chi connectivity index (χ3v) is 10.1. The summed E-state index contributed by atoms with van der Waals surface area (Å²) in [5.74, 6) is 0.291. The Balaban J connectivity index is 1.33. The second-order valence-electron chi connectivity index (χ2n) is 11.1. The standard InChI is InChI=1S/C36H38ClN3O7S/c1-45-31-13-9-27(10-14-31)19-20-38-36(42)35(29-5-3-2-4-6-29)40(25-28-7-11-30(37)12-8-28)34(41)26-47-32-15-17-33(18-16-32)48(43,44)39-21-23-46-24-22-39/h2-18,35H,19-26H2,1H3,(H,38,42)/t35-/m1/s1. The number of nitrogens with zero attached hydrogens (tertiary/aromatic N) is 2. The first-order chi connectivity index (χ1) is 23.2. The van der Waals surface area contributed by atoms with Gasteiger partial charge in [0, 0.05) is 31.2 Å². The second kappa shape index (κ2) is 16.6. The highest BCUT2D eigenvalue weighted by Crippen LogP contribution is 2.26. The molecule has 0 aliphatic carbocycles. The Kier molecular flexibility index (Phi) is 12.1. The first-order valence-corrected chi connectivity index (χ1v) is 17.4. The molecule has 4 aromatic carbocycles. The van der Waals surface area contributed by atoms with Gasteiger partial charge in [-0.25, -0.2) is 8.42 Å². The largest absolute Gasteiger partial charge is 0.497 e. The van der Waals surface area contributed by atoms with E-state index in [-0.39, 0.29) is 37.0 Å². The first kappa shape index (κ1) is 34.9. The fourth-order valence-corrected chi connectivity index (χ4v) is 6.84. The maximum atomic E-state index is 14.0. The number of carbonyl (C=O) groups excluding carboxylic acids is 2. The van der Waals surface area contributed by atoms with Gasteiger partial charge in [0.1, 0.15) is 17.5 Å². The minimum absolute atomic E-state index is 0.113. The van der Waals surface area contributed by atoms with Crippen LogP contribution in [0.1, 0.15) is 22.7 Å². The van der Waals surface area contributed by atoms with Crippen LogP contribution in [0.4, 0.5) is 0 Å². The Morgan fingerprint density at radius 3 is 2.15 bits per heavy atom. The van der Waals surface area contributed by atoms with E-state index in [0.717, 1.165) is 16.9 Å². The Labute approximate surface area is 286 Å². The van der Waals surface area contributed by atoms with Crippen molar-refractivity contribution >= 4 is 33.4 Å². The number of nitrogens with one attached hydrogen (secondary N) is 1. The van der Waals surface area contributed by atoms with E-state index >= 15 is 0 Å². The molecule has 10 nitrogen and oxygen atoms in total. The summed E-state index contributed by atoms with van der Waals surface area (Å²) in [5, 5.41) is 3.57. The van der Waals surface area contributed by atoms with Gasteiger partial charge in [-0.3, -0.25) is 9.59 Å². The molecule has 4 aromatic rings. The summed E-state index contributed by atoms with van der Waals surface area (Å²) in [6.07, 6.45) is 0.586. The molecule has 1 saturated heterocycles. The van der Waals surface area contributed by atoms with Crippen LogP contribution in [0.5, 0.6) is 11.5 Å². The number of carbonyl (C=O) groups is 2. The van der Waals surface area contributed by atoms with Gasteiger partial charge in [-0.15, -0.1) is 0 Å². The highest BCUT2D eigenvalue weighted by molar-refractivity contribution is 7.89. The smallest absolute Gasteiger partial charge is 0.261 e. The lowest BCUT2D eigenvalue weighted by atomic mass is 10.0. The highest BCUT2D eigenvalue weighted by atomic mass is 35.5. The maximum Gasteiger partial charge on any atom is 0.261 e. The number of halogens is 1. The second-order valence-corrected chi connectivity index (χ2v) is 13.5. The van der Waals surface area contributed by atoms with E-state index in [0.29, 0.717) is 42.5 Å². The summed E-state index contributed by atoms with van der Waals surface area (Å²) >= 11 is 6.13. The predicted octanol–water partition coefficient (Wildman–Crippen LogP) is 4.88. The minimum Gasteiger partial charge on any atom is -0.497 e. The van der Waals surface area contributed by atoms with E-state index in [1.54, 1.807) is 31.4 Å². The molecule has 0 bridgehead atoms. The molecule has 1 atom stereocenters. The van der Waals surface area contributed by atoms with Crippen molar-refractivity contribution in [1.82, 2.24) is 14.5 Å². The quantitative estimate of drug-likeness (QED) is 0.201. The Bertz CT molecular complexity index is 1750. The Morgan fingerprint density at radius 2 is 1.50 bits per heavy atom. The number of amides is 2. The minimum atomic E-state index is -3.68. The number of rotatable bonds is 14. The Hall–Kier alpha value is -4.42. The van der Waals surface area contributed by atoms with Gasteiger partial charge in [0.05, 0.1) is 25.2 Å². The molecule has 0 aromatic heterocycles. The van der Waals surface area contributed by atoms with Gasteiger partial charge < -0.3 is 24.4 Å². The third kappa shape index (κ3) is 9.13. The molecular formula is C36H38ClN3O7S. The van der Waals surface area contributed by atoms with Crippen molar-refractivity contribution in [3.05, 3.63) is 125 Å². The van der Waals surface area contributed by atoms with Gasteiger partial charge in [0.25, 0.3) is 5.91 Å². The molecule has 1 heterocycles. The number of hydrogen-bond acceptors (Lipinski definition) is 7. The van der Waals surface area contributed by atoms with E-state index in [1.165, 1.54) is 33.5 Å². The molecule has 48 heavy (non-hydrogen) atoms. The van der Waals surface area contributed by atoms with Crippen LogP contribution in [0.15, 0.2) is 108 Å². The molecule has 1 N–H and O–H groups in total. The molecule has 1 aliphatic heterocycles. The van der Waals surface area contributed by atoms with Gasteiger partial charge in [-0.2, -0.15) is 4.31 Å². The number of benzene rings is 4. The van der Waals surface area contributed by atoms with Crippen molar-refractivity contribution in [3.63, 3.8) is 0 Å². The van der Waals surface area contributed by atoms with Crippen LogP contribution < -0.4 is 14.8 Å². The molecule has 12 heteroatoms. The van der Waals surface area contributed by atoms with Crippen molar-refractivity contribution in [3.8, 4) is 11.5 Å². The van der Waals surface area contributed by atoms with Crippen LogP contribution in [0, 0.1) is 0 Å². The van der Waals surface area contributed by atoms with Gasteiger partial charge in [0.2, 0.25) is 15.9 Å². The lowest BCUT2D eigenvalue weighted by molar-refractivity contribution is -0.143. The van der Waals surface area contributed by atoms with Crippen LogP contribution in [-0.4, -0.2) is 76.0 Å². The van der Waals surface area contributed by atoms with Crippen LogP contribution >= 0.6 is 11.6 Å². The average Bonchev–Trinajstić information content (AvgIpc) is 3.12.